The number of fused-ring (bicyclic) bond motifs is 1. The van der Waals surface area contributed by atoms with Gasteiger partial charge in [-0.1, -0.05) is 6.92 Å². The molecule has 158 valence electrons. The molecule has 10 heteroatoms. The van der Waals surface area contributed by atoms with Crippen molar-refractivity contribution in [3.8, 4) is 0 Å². The number of aromatic nitrogens is 3. The van der Waals surface area contributed by atoms with Crippen molar-refractivity contribution in [2.24, 2.45) is 0 Å². The van der Waals surface area contributed by atoms with Gasteiger partial charge in [-0.25, -0.2) is 13.8 Å². The van der Waals surface area contributed by atoms with Crippen molar-refractivity contribution in [1.82, 2.24) is 14.8 Å². The largest absolute Gasteiger partial charge is 0.366 e. The summed E-state index contributed by atoms with van der Waals surface area (Å²) < 4.78 is 27.7. The molecule has 1 atom stereocenters. The molecule has 29 heavy (non-hydrogen) atoms. The summed E-state index contributed by atoms with van der Waals surface area (Å²) in [7, 11) is 1.91. The Morgan fingerprint density at radius 2 is 2.10 bits per heavy atom. The highest BCUT2D eigenvalue weighted by atomic mass is 32.1. The van der Waals surface area contributed by atoms with Crippen LogP contribution in [0, 0.1) is 6.92 Å². The molecule has 0 unspecified atom stereocenters. The molecule has 2 N–H and O–H groups in total. The van der Waals surface area contributed by atoms with Gasteiger partial charge in [-0.3, -0.25) is 9.48 Å². The Labute approximate surface area is 175 Å². The van der Waals surface area contributed by atoms with Crippen LogP contribution in [0.15, 0.2) is 18.5 Å². The number of pyridine rings is 1. The van der Waals surface area contributed by atoms with E-state index in [1.165, 1.54) is 0 Å². The average molecular weight is 425 g/mol. The number of carbonyl (C=O) groups is 1. The summed E-state index contributed by atoms with van der Waals surface area (Å²) in [6.45, 7) is 4.33. The van der Waals surface area contributed by atoms with Crippen molar-refractivity contribution < 1.29 is 13.6 Å². The van der Waals surface area contributed by atoms with Crippen molar-refractivity contribution in [2.45, 2.75) is 57.7 Å². The van der Waals surface area contributed by atoms with Crippen LogP contribution in [-0.2, 0) is 11.3 Å². The van der Waals surface area contributed by atoms with Crippen molar-refractivity contribution >= 4 is 36.6 Å². The molecular weight excluding hydrogens is 398 g/mol. The Balaban J connectivity index is 0.00000240. The van der Waals surface area contributed by atoms with E-state index in [-0.39, 0.29) is 44.3 Å². The zero-order chi connectivity index (χ0) is 20.1. The van der Waals surface area contributed by atoms with E-state index in [0.717, 1.165) is 22.6 Å². The van der Waals surface area contributed by atoms with Crippen LogP contribution in [0.1, 0.15) is 43.5 Å². The maximum Gasteiger partial charge on any atom is 0.252 e. The first kappa shape index (κ1) is 21.4. The molecule has 0 spiro atoms. The van der Waals surface area contributed by atoms with Crippen molar-refractivity contribution in [3.63, 3.8) is 0 Å². The van der Waals surface area contributed by atoms with Gasteiger partial charge < -0.3 is 15.5 Å². The monoisotopic (exact) mass is 424 g/mol. The first-order chi connectivity index (χ1) is 13.3. The van der Waals surface area contributed by atoms with Gasteiger partial charge in [0, 0.05) is 44.3 Å². The smallest absolute Gasteiger partial charge is 0.252 e. The maximum atomic E-state index is 13.0. The zero-order valence-corrected chi connectivity index (χ0v) is 17.7. The van der Waals surface area contributed by atoms with Crippen LogP contribution in [-0.4, -0.2) is 39.7 Å². The van der Waals surface area contributed by atoms with E-state index >= 15 is 0 Å². The number of nitrogens with zero attached hydrogens (tertiary/aromatic N) is 4. The summed E-state index contributed by atoms with van der Waals surface area (Å²) in [4.78, 5) is 18.7. The first-order valence-corrected chi connectivity index (χ1v) is 9.47. The summed E-state index contributed by atoms with van der Waals surface area (Å²) in [6.07, 6.45) is 3.91. The number of amides is 1. The molecule has 1 aliphatic carbocycles. The highest BCUT2D eigenvalue weighted by Gasteiger charge is 2.46. The minimum atomic E-state index is -2.56. The van der Waals surface area contributed by atoms with Gasteiger partial charge in [-0.15, -0.1) is 0 Å². The Morgan fingerprint density at radius 3 is 2.76 bits per heavy atom. The number of aryl methyl sites for hydroxylation is 1. The van der Waals surface area contributed by atoms with Crippen LogP contribution >= 0.6 is 13.5 Å². The standard InChI is InChI=1S/C19H24F2N6O.H2S/c1-4-14-18(28)25-17-11(2)24-16(5-15(17)26(14)3)22-8-12-9-23-27(10-12)13-6-19(20,21)7-13;/h5,9-10,13-14H,4,6-8H2,1-3H3,(H,22,24)(H,25,28);1H2/t14-;/m0./s1. The fraction of sp³-hybridized carbons (Fsp3) is 0.526. The second kappa shape index (κ2) is 7.81. The second-order valence-corrected chi connectivity index (χ2v) is 7.61. The predicted octanol–water partition coefficient (Wildman–Crippen LogP) is 3.45. The van der Waals surface area contributed by atoms with Gasteiger partial charge in [0.25, 0.3) is 5.92 Å². The predicted molar refractivity (Wildman–Crippen MR) is 113 cm³/mol. The lowest BCUT2D eigenvalue weighted by Gasteiger charge is -2.35. The van der Waals surface area contributed by atoms with E-state index in [1.807, 2.05) is 31.9 Å². The fourth-order valence-corrected chi connectivity index (χ4v) is 3.87. The highest BCUT2D eigenvalue weighted by Crippen LogP contribution is 2.45. The highest BCUT2D eigenvalue weighted by molar-refractivity contribution is 7.59. The molecule has 0 radical (unpaired) electrons. The number of rotatable bonds is 5. The minimum Gasteiger partial charge on any atom is -0.366 e. The van der Waals surface area contributed by atoms with Crippen LogP contribution in [0.2, 0.25) is 0 Å². The summed E-state index contributed by atoms with van der Waals surface area (Å²) >= 11 is 0. The normalized spacial score (nSPS) is 20.4. The van der Waals surface area contributed by atoms with E-state index in [9.17, 15) is 13.6 Å². The van der Waals surface area contributed by atoms with Gasteiger partial charge in [0.1, 0.15) is 11.9 Å². The molecule has 1 aliphatic heterocycles. The molecule has 1 amide bonds. The number of hydrogen-bond donors (Lipinski definition) is 2. The van der Waals surface area contributed by atoms with Gasteiger partial charge in [0.05, 0.1) is 29.3 Å². The van der Waals surface area contributed by atoms with Gasteiger partial charge in [0.15, 0.2) is 0 Å². The van der Waals surface area contributed by atoms with E-state index in [4.69, 9.17) is 0 Å². The molecule has 3 heterocycles. The third-order valence-corrected chi connectivity index (χ3v) is 5.54. The minimum absolute atomic E-state index is 0. The molecular formula is C19H26F2N6OS. The number of halogens is 2. The van der Waals surface area contributed by atoms with E-state index in [2.05, 4.69) is 20.7 Å². The number of carbonyl (C=O) groups excluding carboxylic acids is 1. The molecule has 0 bridgehead atoms. The van der Waals surface area contributed by atoms with Crippen molar-refractivity contribution in [1.29, 1.82) is 0 Å². The average Bonchev–Trinajstić information content (AvgIpc) is 3.08. The van der Waals surface area contributed by atoms with Crippen LogP contribution in [0.25, 0.3) is 0 Å². The number of likely N-dealkylation sites (N-methyl/N-ethyl adjacent to an activating group) is 1. The Morgan fingerprint density at radius 1 is 1.38 bits per heavy atom. The fourth-order valence-electron chi connectivity index (χ4n) is 3.87. The molecule has 2 aliphatic rings. The molecule has 2 aromatic heterocycles. The van der Waals surface area contributed by atoms with Crippen molar-refractivity contribution in [2.75, 3.05) is 22.6 Å². The van der Waals surface area contributed by atoms with E-state index < -0.39 is 5.92 Å². The van der Waals surface area contributed by atoms with Gasteiger partial charge in [-0.2, -0.15) is 18.6 Å². The summed E-state index contributed by atoms with van der Waals surface area (Å²) in [5.74, 6) is -1.88. The van der Waals surface area contributed by atoms with Crippen molar-refractivity contribution in [3.05, 3.63) is 29.7 Å². The maximum absolute atomic E-state index is 13.0. The Kier molecular flexibility index (Phi) is 5.75. The molecule has 4 rings (SSSR count). The van der Waals surface area contributed by atoms with E-state index in [0.29, 0.717) is 18.8 Å². The lowest BCUT2D eigenvalue weighted by Crippen LogP contribution is -2.45. The number of nitrogens with one attached hydrogen (secondary N) is 2. The van der Waals surface area contributed by atoms with Gasteiger partial charge >= 0.3 is 0 Å². The molecule has 0 aromatic carbocycles. The van der Waals surface area contributed by atoms with E-state index in [1.54, 1.807) is 17.1 Å². The lowest BCUT2D eigenvalue weighted by molar-refractivity contribution is -0.117. The molecule has 1 saturated carbocycles. The topological polar surface area (TPSA) is 75.1 Å². The summed E-state index contributed by atoms with van der Waals surface area (Å²) in [5, 5.41) is 10.4. The molecule has 7 nitrogen and oxygen atoms in total. The van der Waals surface area contributed by atoms with Crippen LogP contribution in [0.3, 0.4) is 0 Å². The molecule has 0 saturated heterocycles. The SMILES string of the molecule is CC[C@H]1C(=O)Nc2c(cc(NCc3cnn(C4CC(F)(F)C4)c3)nc2C)N1C.S. The lowest BCUT2D eigenvalue weighted by atomic mass is 9.88. The second-order valence-electron chi connectivity index (χ2n) is 7.61. The third-order valence-electron chi connectivity index (χ3n) is 5.54. The summed E-state index contributed by atoms with van der Waals surface area (Å²) in [5.41, 5.74) is 3.30. The Hall–Kier alpha value is -2.36. The zero-order valence-electron chi connectivity index (χ0n) is 16.7. The number of alkyl halides is 2. The summed E-state index contributed by atoms with van der Waals surface area (Å²) in [6, 6.07) is 1.48. The van der Waals surface area contributed by atoms with Crippen LogP contribution in [0.4, 0.5) is 26.0 Å². The van der Waals surface area contributed by atoms with Crippen LogP contribution in [0.5, 0.6) is 0 Å². The first-order valence-electron chi connectivity index (χ1n) is 9.47. The van der Waals surface area contributed by atoms with Crippen LogP contribution < -0.4 is 15.5 Å². The molecule has 1 fully saturated rings. The quantitative estimate of drug-likeness (QED) is 0.769. The number of hydrogen-bond acceptors (Lipinski definition) is 5. The molecule has 2 aromatic rings. The number of anilines is 3. The van der Waals surface area contributed by atoms with Gasteiger partial charge in [-0.05, 0) is 13.3 Å². The Bertz CT molecular complexity index is 910. The third kappa shape index (κ3) is 4.03. The van der Waals surface area contributed by atoms with Gasteiger partial charge in [0.2, 0.25) is 5.91 Å².